The third-order valence-corrected chi connectivity index (χ3v) is 3.65. The normalized spacial score (nSPS) is 11.8. The summed E-state index contributed by atoms with van der Waals surface area (Å²) >= 11 is 0. The fourth-order valence-corrected chi connectivity index (χ4v) is 2.46. The lowest BCUT2D eigenvalue weighted by Gasteiger charge is -2.18. The van der Waals surface area contributed by atoms with Crippen LogP contribution in [0, 0.1) is 6.92 Å². The van der Waals surface area contributed by atoms with Crippen molar-refractivity contribution >= 4 is 5.91 Å². The second-order valence-electron chi connectivity index (χ2n) is 5.26. The molecule has 0 aromatic heterocycles. The fourth-order valence-electron chi connectivity index (χ4n) is 2.46. The zero-order valence-corrected chi connectivity index (χ0v) is 13.4. The first-order chi connectivity index (χ1) is 10.7. The smallest absolute Gasteiger partial charge is 0.251 e. The summed E-state index contributed by atoms with van der Waals surface area (Å²) in [4.78, 5) is 12.5. The third-order valence-electron chi connectivity index (χ3n) is 3.65. The predicted octanol–water partition coefficient (Wildman–Crippen LogP) is 4.27. The van der Waals surface area contributed by atoms with Gasteiger partial charge in [-0.25, -0.2) is 0 Å². The van der Waals surface area contributed by atoms with Crippen LogP contribution < -0.4 is 10.1 Å². The van der Waals surface area contributed by atoms with Gasteiger partial charge < -0.3 is 10.1 Å². The van der Waals surface area contributed by atoms with Crippen molar-refractivity contribution in [2.45, 2.75) is 33.2 Å². The molecule has 0 heterocycles. The number of amides is 1. The molecule has 2 aromatic rings. The fraction of sp³-hybridized carbons (Fsp3) is 0.316. The molecular formula is C19H23NO2. The van der Waals surface area contributed by atoms with Crippen molar-refractivity contribution in [3.63, 3.8) is 0 Å². The molecule has 3 nitrogen and oxygen atoms in total. The zero-order chi connectivity index (χ0) is 15.9. The van der Waals surface area contributed by atoms with Gasteiger partial charge in [0.25, 0.3) is 5.91 Å². The van der Waals surface area contributed by atoms with Crippen LogP contribution in [0.2, 0.25) is 0 Å². The Morgan fingerprint density at radius 1 is 1.14 bits per heavy atom. The summed E-state index contributed by atoms with van der Waals surface area (Å²) < 4.78 is 5.51. The standard InChI is InChI=1S/C19H23NO2/c1-4-17(15-9-7-6-8-10-15)20-19(21)16-11-12-18(22-5-2)14(3)13-16/h6-13,17H,4-5H2,1-3H3,(H,20,21). The summed E-state index contributed by atoms with van der Waals surface area (Å²) in [6, 6.07) is 15.6. The number of rotatable bonds is 6. The summed E-state index contributed by atoms with van der Waals surface area (Å²) in [5.74, 6) is 0.774. The summed E-state index contributed by atoms with van der Waals surface area (Å²) in [6.45, 7) is 6.60. The van der Waals surface area contributed by atoms with Crippen LogP contribution in [0.15, 0.2) is 48.5 Å². The molecule has 1 atom stereocenters. The number of carbonyl (C=O) groups is 1. The molecule has 0 fully saturated rings. The van der Waals surface area contributed by atoms with Crippen LogP contribution >= 0.6 is 0 Å². The Hall–Kier alpha value is -2.29. The van der Waals surface area contributed by atoms with E-state index in [9.17, 15) is 4.79 Å². The molecule has 1 unspecified atom stereocenters. The Labute approximate surface area is 132 Å². The van der Waals surface area contributed by atoms with E-state index in [-0.39, 0.29) is 11.9 Å². The highest BCUT2D eigenvalue weighted by Gasteiger charge is 2.14. The van der Waals surface area contributed by atoms with Gasteiger partial charge in [-0.2, -0.15) is 0 Å². The van der Waals surface area contributed by atoms with Crippen LogP contribution in [-0.4, -0.2) is 12.5 Å². The number of hydrogen-bond donors (Lipinski definition) is 1. The quantitative estimate of drug-likeness (QED) is 0.864. The highest BCUT2D eigenvalue weighted by Crippen LogP contribution is 2.21. The van der Waals surface area contributed by atoms with Gasteiger partial charge in [0.05, 0.1) is 12.6 Å². The van der Waals surface area contributed by atoms with Gasteiger partial charge in [-0.05, 0) is 49.6 Å². The molecule has 1 amide bonds. The van der Waals surface area contributed by atoms with Crippen molar-refractivity contribution in [3.8, 4) is 5.75 Å². The minimum atomic E-state index is -0.0538. The summed E-state index contributed by atoms with van der Waals surface area (Å²) in [5.41, 5.74) is 2.76. The molecule has 2 rings (SSSR count). The van der Waals surface area contributed by atoms with E-state index in [1.54, 1.807) is 0 Å². The van der Waals surface area contributed by atoms with Crippen LogP contribution in [0.5, 0.6) is 5.75 Å². The van der Waals surface area contributed by atoms with Crippen molar-refractivity contribution < 1.29 is 9.53 Å². The van der Waals surface area contributed by atoms with Gasteiger partial charge in [0, 0.05) is 5.56 Å². The van der Waals surface area contributed by atoms with Crippen LogP contribution in [0.1, 0.15) is 47.8 Å². The molecular weight excluding hydrogens is 274 g/mol. The second kappa shape index (κ2) is 7.64. The first-order valence-electron chi connectivity index (χ1n) is 7.75. The van der Waals surface area contributed by atoms with E-state index in [0.717, 1.165) is 23.3 Å². The predicted molar refractivity (Wildman–Crippen MR) is 89.3 cm³/mol. The second-order valence-corrected chi connectivity index (χ2v) is 5.26. The maximum atomic E-state index is 12.5. The van der Waals surface area contributed by atoms with Crippen molar-refractivity contribution in [2.75, 3.05) is 6.61 Å². The molecule has 3 heteroatoms. The lowest BCUT2D eigenvalue weighted by molar-refractivity contribution is 0.0935. The molecule has 1 N–H and O–H groups in total. The van der Waals surface area contributed by atoms with Gasteiger partial charge in [0.1, 0.15) is 5.75 Å². The molecule has 116 valence electrons. The Balaban J connectivity index is 2.12. The number of hydrogen-bond acceptors (Lipinski definition) is 2. The topological polar surface area (TPSA) is 38.3 Å². The summed E-state index contributed by atoms with van der Waals surface area (Å²) in [7, 11) is 0. The lowest BCUT2D eigenvalue weighted by atomic mass is 10.0. The number of benzene rings is 2. The molecule has 2 aromatic carbocycles. The van der Waals surface area contributed by atoms with E-state index in [1.807, 2.05) is 62.4 Å². The Bertz CT molecular complexity index is 623. The first kappa shape index (κ1) is 16.1. The minimum Gasteiger partial charge on any atom is -0.494 e. The van der Waals surface area contributed by atoms with Gasteiger partial charge in [0.15, 0.2) is 0 Å². The van der Waals surface area contributed by atoms with Crippen LogP contribution in [0.3, 0.4) is 0 Å². The Kier molecular flexibility index (Phi) is 5.59. The van der Waals surface area contributed by atoms with E-state index in [1.165, 1.54) is 0 Å². The van der Waals surface area contributed by atoms with E-state index >= 15 is 0 Å². The van der Waals surface area contributed by atoms with Crippen LogP contribution in [0.4, 0.5) is 0 Å². The third kappa shape index (κ3) is 3.88. The van der Waals surface area contributed by atoms with Gasteiger partial charge in [-0.15, -0.1) is 0 Å². The van der Waals surface area contributed by atoms with Gasteiger partial charge in [-0.1, -0.05) is 37.3 Å². The van der Waals surface area contributed by atoms with Crippen molar-refractivity contribution in [2.24, 2.45) is 0 Å². The molecule has 0 aliphatic carbocycles. The Morgan fingerprint density at radius 2 is 1.86 bits per heavy atom. The van der Waals surface area contributed by atoms with Crippen molar-refractivity contribution in [3.05, 3.63) is 65.2 Å². The zero-order valence-electron chi connectivity index (χ0n) is 13.4. The van der Waals surface area contributed by atoms with Crippen molar-refractivity contribution in [1.29, 1.82) is 0 Å². The monoisotopic (exact) mass is 297 g/mol. The minimum absolute atomic E-state index is 0.0283. The average molecular weight is 297 g/mol. The van der Waals surface area contributed by atoms with E-state index in [4.69, 9.17) is 4.74 Å². The van der Waals surface area contributed by atoms with Gasteiger partial charge in [0.2, 0.25) is 0 Å². The SMILES string of the molecule is CCOc1ccc(C(=O)NC(CC)c2ccccc2)cc1C. The molecule has 0 saturated heterocycles. The highest BCUT2D eigenvalue weighted by molar-refractivity contribution is 5.94. The molecule has 0 bridgehead atoms. The van der Waals surface area contributed by atoms with Crippen molar-refractivity contribution in [1.82, 2.24) is 5.32 Å². The maximum Gasteiger partial charge on any atom is 0.251 e. The molecule has 0 radical (unpaired) electrons. The number of aryl methyl sites for hydroxylation is 1. The number of ether oxygens (including phenoxy) is 1. The lowest BCUT2D eigenvalue weighted by Crippen LogP contribution is -2.28. The van der Waals surface area contributed by atoms with Crippen LogP contribution in [-0.2, 0) is 0 Å². The molecule has 22 heavy (non-hydrogen) atoms. The molecule has 0 aliphatic heterocycles. The summed E-state index contributed by atoms with van der Waals surface area (Å²) in [5, 5.41) is 3.10. The van der Waals surface area contributed by atoms with E-state index in [0.29, 0.717) is 12.2 Å². The highest BCUT2D eigenvalue weighted by atomic mass is 16.5. The first-order valence-corrected chi connectivity index (χ1v) is 7.75. The summed E-state index contributed by atoms with van der Waals surface area (Å²) in [6.07, 6.45) is 0.853. The molecule has 0 saturated carbocycles. The maximum absolute atomic E-state index is 12.5. The molecule has 0 aliphatic rings. The largest absolute Gasteiger partial charge is 0.494 e. The number of carbonyl (C=O) groups excluding carboxylic acids is 1. The van der Waals surface area contributed by atoms with Gasteiger partial charge in [-0.3, -0.25) is 4.79 Å². The van der Waals surface area contributed by atoms with E-state index < -0.39 is 0 Å². The number of nitrogens with one attached hydrogen (secondary N) is 1. The van der Waals surface area contributed by atoms with Gasteiger partial charge >= 0.3 is 0 Å². The molecule has 0 spiro atoms. The average Bonchev–Trinajstić information content (AvgIpc) is 2.55. The van der Waals surface area contributed by atoms with E-state index in [2.05, 4.69) is 12.2 Å². The van der Waals surface area contributed by atoms with Crippen LogP contribution in [0.25, 0.3) is 0 Å². The Morgan fingerprint density at radius 3 is 2.45 bits per heavy atom.